The zero-order valence-corrected chi connectivity index (χ0v) is 13.2. The topological polar surface area (TPSA) is 13.1 Å². The molecule has 1 aromatic heterocycles. The maximum absolute atomic E-state index is 6.21. The number of hydrogen-bond donors (Lipinski definition) is 0. The fourth-order valence-electron chi connectivity index (χ4n) is 3.94. The van der Waals surface area contributed by atoms with Gasteiger partial charge in [0.1, 0.15) is 11.2 Å². The second-order valence-corrected chi connectivity index (χ2v) is 7.95. The molecule has 2 aliphatic rings. The summed E-state index contributed by atoms with van der Waals surface area (Å²) in [5.41, 5.74) is 4.87. The Morgan fingerprint density at radius 3 is 2.82 bits per heavy atom. The minimum absolute atomic E-state index is 0.710. The summed E-state index contributed by atoms with van der Waals surface area (Å²) in [6.07, 6.45) is 7.79. The standard InChI is InChI=1S/C20H18OS/c1-2-10-19-17(7-1)18-9-4-8-16(20(18)21-19)13-11-14-5-3-6-15(12-13)22-14/h1-2,4,7-11,14-15H,3,5-6,12H2. The van der Waals surface area contributed by atoms with Gasteiger partial charge in [-0.2, -0.15) is 11.8 Å². The first-order chi connectivity index (χ1) is 10.9. The number of fused-ring (bicyclic) bond motifs is 5. The molecule has 3 aromatic rings. The Hall–Kier alpha value is -1.67. The molecule has 2 atom stereocenters. The van der Waals surface area contributed by atoms with E-state index in [1.54, 1.807) is 0 Å². The molecular formula is C20H18OS. The fourth-order valence-corrected chi connectivity index (χ4v) is 5.56. The van der Waals surface area contributed by atoms with E-state index in [-0.39, 0.29) is 0 Å². The molecular weight excluding hydrogens is 288 g/mol. The smallest absolute Gasteiger partial charge is 0.142 e. The predicted octanol–water partition coefficient (Wildman–Crippen LogP) is 6.03. The predicted molar refractivity (Wildman–Crippen MR) is 95.3 cm³/mol. The molecule has 0 aliphatic carbocycles. The maximum Gasteiger partial charge on any atom is 0.142 e. The van der Waals surface area contributed by atoms with Crippen molar-refractivity contribution in [3.05, 3.63) is 54.1 Å². The number of furan rings is 1. The van der Waals surface area contributed by atoms with Gasteiger partial charge < -0.3 is 4.42 Å². The lowest BCUT2D eigenvalue weighted by Gasteiger charge is -2.33. The highest BCUT2D eigenvalue weighted by atomic mass is 32.2. The van der Waals surface area contributed by atoms with Gasteiger partial charge in [-0.25, -0.2) is 0 Å². The Balaban J connectivity index is 1.73. The van der Waals surface area contributed by atoms with Crippen LogP contribution in [0, 0.1) is 0 Å². The highest BCUT2D eigenvalue weighted by molar-refractivity contribution is 8.00. The van der Waals surface area contributed by atoms with Gasteiger partial charge in [-0.15, -0.1) is 0 Å². The van der Waals surface area contributed by atoms with Gasteiger partial charge in [-0.1, -0.05) is 48.9 Å². The molecule has 2 aliphatic heterocycles. The third kappa shape index (κ3) is 1.94. The zero-order valence-electron chi connectivity index (χ0n) is 12.4. The zero-order chi connectivity index (χ0) is 14.5. The molecule has 22 heavy (non-hydrogen) atoms. The Bertz CT molecular complexity index is 889. The van der Waals surface area contributed by atoms with Crippen LogP contribution in [0.2, 0.25) is 0 Å². The second-order valence-electron chi connectivity index (χ2n) is 6.40. The van der Waals surface area contributed by atoms with Crippen molar-refractivity contribution < 1.29 is 4.42 Å². The van der Waals surface area contributed by atoms with Crippen LogP contribution in [0.5, 0.6) is 0 Å². The number of benzene rings is 2. The third-order valence-electron chi connectivity index (χ3n) is 4.97. The quantitative estimate of drug-likeness (QED) is 0.544. The van der Waals surface area contributed by atoms with Crippen LogP contribution in [0.25, 0.3) is 27.5 Å². The van der Waals surface area contributed by atoms with Gasteiger partial charge in [0.2, 0.25) is 0 Å². The monoisotopic (exact) mass is 306 g/mol. The highest BCUT2D eigenvalue weighted by Gasteiger charge is 2.28. The molecule has 2 aromatic carbocycles. The first kappa shape index (κ1) is 12.8. The van der Waals surface area contributed by atoms with Crippen LogP contribution in [-0.2, 0) is 0 Å². The second kappa shape index (κ2) is 4.92. The molecule has 2 heteroatoms. The average molecular weight is 306 g/mol. The van der Waals surface area contributed by atoms with Crippen LogP contribution in [0.15, 0.2) is 53.0 Å². The molecule has 0 spiro atoms. The van der Waals surface area contributed by atoms with Crippen molar-refractivity contribution in [2.24, 2.45) is 0 Å². The van der Waals surface area contributed by atoms with E-state index in [1.165, 1.54) is 47.6 Å². The van der Waals surface area contributed by atoms with Crippen molar-refractivity contribution in [3.63, 3.8) is 0 Å². The first-order valence-corrected chi connectivity index (χ1v) is 9.09. The lowest BCUT2D eigenvalue weighted by Crippen LogP contribution is -2.21. The Morgan fingerprint density at radius 2 is 1.86 bits per heavy atom. The molecule has 110 valence electrons. The van der Waals surface area contributed by atoms with E-state index in [0.29, 0.717) is 5.25 Å². The Morgan fingerprint density at radius 1 is 0.955 bits per heavy atom. The highest BCUT2D eigenvalue weighted by Crippen LogP contribution is 2.45. The van der Waals surface area contributed by atoms with Crippen LogP contribution in [-0.4, -0.2) is 10.5 Å². The van der Waals surface area contributed by atoms with Gasteiger partial charge in [-0.3, -0.25) is 0 Å². The van der Waals surface area contributed by atoms with E-state index in [4.69, 9.17) is 4.42 Å². The lowest BCUT2D eigenvalue weighted by molar-refractivity contribution is 0.628. The van der Waals surface area contributed by atoms with Gasteiger partial charge in [0.25, 0.3) is 0 Å². The summed E-state index contributed by atoms with van der Waals surface area (Å²) in [6, 6.07) is 15.0. The van der Waals surface area contributed by atoms with Crippen molar-refractivity contribution in [2.75, 3.05) is 0 Å². The number of para-hydroxylation sites is 2. The van der Waals surface area contributed by atoms with Crippen LogP contribution in [0.4, 0.5) is 0 Å². The number of hydrogen-bond acceptors (Lipinski definition) is 2. The van der Waals surface area contributed by atoms with Crippen molar-refractivity contribution in [2.45, 2.75) is 36.2 Å². The molecule has 0 amide bonds. The molecule has 1 saturated heterocycles. The normalized spacial score (nSPS) is 24.6. The molecule has 1 nitrogen and oxygen atoms in total. The minimum atomic E-state index is 0.710. The van der Waals surface area contributed by atoms with E-state index in [0.717, 1.165) is 16.4 Å². The van der Waals surface area contributed by atoms with Gasteiger partial charge in [0, 0.05) is 26.8 Å². The van der Waals surface area contributed by atoms with E-state index < -0.39 is 0 Å². The van der Waals surface area contributed by atoms with Crippen molar-refractivity contribution in [3.8, 4) is 0 Å². The number of rotatable bonds is 1. The van der Waals surface area contributed by atoms with E-state index in [9.17, 15) is 0 Å². The van der Waals surface area contributed by atoms with Crippen LogP contribution in [0.1, 0.15) is 31.2 Å². The van der Waals surface area contributed by atoms with Crippen LogP contribution < -0.4 is 0 Å². The molecule has 5 rings (SSSR count). The summed E-state index contributed by atoms with van der Waals surface area (Å²) < 4.78 is 6.21. The van der Waals surface area contributed by atoms with Crippen LogP contribution >= 0.6 is 11.8 Å². The number of thioether (sulfide) groups is 1. The van der Waals surface area contributed by atoms with Crippen molar-refractivity contribution >= 4 is 39.3 Å². The first-order valence-electron chi connectivity index (χ1n) is 8.15. The summed E-state index contributed by atoms with van der Waals surface area (Å²) in [5.74, 6) is 0. The number of allylic oxidation sites excluding steroid dienone is 1. The summed E-state index contributed by atoms with van der Waals surface area (Å²) >= 11 is 2.17. The van der Waals surface area contributed by atoms with Gasteiger partial charge in [0.05, 0.1) is 0 Å². The molecule has 1 fully saturated rings. The molecule has 0 radical (unpaired) electrons. The largest absolute Gasteiger partial charge is 0.455 e. The van der Waals surface area contributed by atoms with Crippen LogP contribution in [0.3, 0.4) is 0 Å². The van der Waals surface area contributed by atoms with Crippen molar-refractivity contribution in [1.82, 2.24) is 0 Å². The summed E-state index contributed by atoms with van der Waals surface area (Å²) in [5, 5.41) is 3.99. The fraction of sp³-hybridized carbons (Fsp3) is 0.300. The van der Waals surface area contributed by atoms with Gasteiger partial charge >= 0.3 is 0 Å². The Labute approximate surface area is 134 Å². The lowest BCUT2D eigenvalue weighted by atomic mass is 9.92. The molecule has 2 unspecified atom stereocenters. The van der Waals surface area contributed by atoms with E-state index in [1.807, 2.05) is 6.07 Å². The molecule has 3 heterocycles. The average Bonchev–Trinajstić information content (AvgIpc) is 2.93. The summed E-state index contributed by atoms with van der Waals surface area (Å²) in [6.45, 7) is 0. The molecule has 0 N–H and O–H groups in total. The van der Waals surface area contributed by atoms with Crippen molar-refractivity contribution in [1.29, 1.82) is 0 Å². The maximum atomic E-state index is 6.21. The minimum Gasteiger partial charge on any atom is -0.455 e. The summed E-state index contributed by atoms with van der Waals surface area (Å²) in [4.78, 5) is 0. The third-order valence-corrected chi connectivity index (χ3v) is 6.48. The Kier molecular flexibility index (Phi) is 2.87. The SMILES string of the molecule is C1=C(c2cccc3c2oc2ccccc23)CC2CCCC1S2. The molecule has 2 bridgehead atoms. The van der Waals surface area contributed by atoms with Gasteiger partial charge in [-0.05, 0) is 30.9 Å². The van der Waals surface area contributed by atoms with E-state index >= 15 is 0 Å². The van der Waals surface area contributed by atoms with Gasteiger partial charge in [0.15, 0.2) is 0 Å². The van der Waals surface area contributed by atoms with E-state index in [2.05, 4.69) is 54.2 Å². The molecule has 0 saturated carbocycles. The summed E-state index contributed by atoms with van der Waals surface area (Å²) in [7, 11) is 0.